The molecule has 0 aliphatic rings. The predicted octanol–water partition coefficient (Wildman–Crippen LogP) is 4.47. The minimum Gasteiger partial charge on any atom is -0.462 e. The number of thioether (sulfide) groups is 1. The van der Waals surface area contributed by atoms with Gasteiger partial charge < -0.3 is 14.8 Å². The third-order valence-electron chi connectivity index (χ3n) is 4.49. The van der Waals surface area contributed by atoms with Crippen molar-refractivity contribution in [2.24, 2.45) is 0 Å². The van der Waals surface area contributed by atoms with Crippen LogP contribution in [-0.4, -0.2) is 46.3 Å². The number of carbonyl (C=O) groups excluding carboxylic acids is 3. The van der Waals surface area contributed by atoms with Crippen LogP contribution in [0.4, 0.5) is 5.00 Å². The summed E-state index contributed by atoms with van der Waals surface area (Å²) in [5.41, 5.74) is 1.37. The van der Waals surface area contributed by atoms with E-state index in [1.165, 1.54) is 18.1 Å². The Bertz CT molecular complexity index is 1160. The molecule has 0 bridgehead atoms. The summed E-state index contributed by atoms with van der Waals surface area (Å²) in [7, 11) is 0. The Morgan fingerprint density at radius 2 is 1.78 bits per heavy atom. The van der Waals surface area contributed by atoms with Crippen molar-refractivity contribution >= 4 is 56.8 Å². The van der Waals surface area contributed by atoms with E-state index in [0.29, 0.717) is 10.6 Å². The molecule has 1 atom stereocenters. The van der Waals surface area contributed by atoms with E-state index in [4.69, 9.17) is 9.47 Å². The minimum atomic E-state index is -0.603. The van der Waals surface area contributed by atoms with E-state index >= 15 is 0 Å². The zero-order valence-electron chi connectivity index (χ0n) is 18.1. The number of nitrogens with zero attached hydrogens (tertiary/aromatic N) is 2. The smallest absolute Gasteiger partial charge is 0.348 e. The number of hydrogen-bond donors (Lipinski definition) is 1. The molecule has 10 heteroatoms. The van der Waals surface area contributed by atoms with Crippen LogP contribution in [0.15, 0.2) is 35.6 Å². The largest absolute Gasteiger partial charge is 0.462 e. The van der Waals surface area contributed by atoms with Gasteiger partial charge in [0.05, 0.1) is 29.5 Å². The monoisotopic (exact) mass is 473 g/mol. The van der Waals surface area contributed by atoms with E-state index in [1.54, 1.807) is 27.7 Å². The van der Waals surface area contributed by atoms with Crippen LogP contribution in [0, 0.1) is 6.92 Å². The van der Waals surface area contributed by atoms with Crippen molar-refractivity contribution in [3.05, 3.63) is 46.6 Å². The number of aromatic nitrogens is 2. The summed E-state index contributed by atoms with van der Waals surface area (Å²) in [6.07, 6.45) is 1.46. The Morgan fingerprint density at radius 3 is 2.50 bits per heavy atom. The van der Waals surface area contributed by atoms with Crippen molar-refractivity contribution in [1.82, 2.24) is 9.97 Å². The first kappa shape index (κ1) is 23.7. The molecule has 32 heavy (non-hydrogen) atoms. The van der Waals surface area contributed by atoms with Gasteiger partial charge in [-0.2, -0.15) is 0 Å². The van der Waals surface area contributed by atoms with Crippen LogP contribution in [0.25, 0.3) is 10.9 Å². The van der Waals surface area contributed by atoms with Crippen LogP contribution in [0.5, 0.6) is 0 Å². The summed E-state index contributed by atoms with van der Waals surface area (Å²) in [5, 5.41) is 4.04. The molecule has 3 rings (SSSR count). The average Bonchev–Trinajstić information content (AvgIpc) is 3.10. The van der Waals surface area contributed by atoms with Crippen molar-refractivity contribution in [3.8, 4) is 0 Å². The van der Waals surface area contributed by atoms with Crippen molar-refractivity contribution in [2.45, 2.75) is 38.0 Å². The maximum atomic E-state index is 13.0. The van der Waals surface area contributed by atoms with Crippen molar-refractivity contribution in [2.75, 3.05) is 18.5 Å². The average molecular weight is 474 g/mol. The standard InChI is InChI=1S/C22H23N3O5S2/c1-5-29-21(27)16-12(3)17(22(28)30-6-2)32-20(16)25-18(26)13(4)31-19-14-9-7-8-10-15(14)23-11-24-19/h7-11,13H,5-6H2,1-4H3,(H,25,26)/t13-/m0/s1. The van der Waals surface area contributed by atoms with E-state index in [1.807, 2.05) is 24.3 Å². The first-order valence-electron chi connectivity index (χ1n) is 10.0. The lowest BCUT2D eigenvalue weighted by Crippen LogP contribution is -2.23. The number of amides is 1. The van der Waals surface area contributed by atoms with Gasteiger partial charge in [0.25, 0.3) is 0 Å². The van der Waals surface area contributed by atoms with Gasteiger partial charge in [0.2, 0.25) is 5.91 Å². The second-order valence-corrected chi connectivity index (χ2v) is 9.00. The van der Waals surface area contributed by atoms with Crippen molar-refractivity contribution < 1.29 is 23.9 Å². The number of para-hydroxylation sites is 1. The van der Waals surface area contributed by atoms with Crippen LogP contribution in [0.2, 0.25) is 0 Å². The Morgan fingerprint density at radius 1 is 1.09 bits per heavy atom. The van der Waals surface area contributed by atoms with Gasteiger partial charge >= 0.3 is 11.9 Å². The molecule has 1 aromatic carbocycles. The van der Waals surface area contributed by atoms with E-state index in [-0.39, 0.29) is 34.6 Å². The number of benzene rings is 1. The maximum absolute atomic E-state index is 13.0. The topological polar surface area (TPSA) is 107 Å². The number of anilines is 1. The lowest BCUT2D eigenvalue weighted by Gasteiger charge is -2.13. The van der Waals surface area contributed by atoms with E-state index < -0.39 is 17.2 Å². The van der Waals surface area contributed by atoms with E-state index in [0.717, 1.165) is 22.2 Å². The number of esters is 2. The Kier molecular flexibility index (Phi) is 7.81. The van der Waals surface area contributed by atoms with Gasteiger partial charge in [-0.1, -0.05) is 30.0 Å². The Labute approximate surface area is 193 Å². The number of rotatable bonds is 8. The van der Waals surface area contributed by atoms with Gasteiger partial charge in [-0.05, 0) is 39.3 Å². The molecule has 168 valence electrons. The third-order valence-corrected chi connectivity index (χ3v) is 6.79. The molecule has 0 aliphatic carbocycles. The molecule has 1 N–H and O–H groups in total. The molecular formula is C22H23N3O5S2. The van der Waals surface area contributed by atoms with Gasteiger partial charge in [-0.25, -0.2) is 19.6 Å². The maximum Gasteiger partial charge on any atom is 0.348 e. The number of fused-ring (bicyclic) bond motifs is 1. The van der Waals surface area contributed by atoms with Crippen LogP contribution < -0.4 is 5.32 Å². The molecule has 0 radical (unpaired) electrons. The van der Waals surface area contributed by atoms with E-state index in [2.05, 4.69) is 15.3 Å². The molecule has 0 fully saturated rings. The fourth-order valence-electron chi connectivity index (χ4n) is 2.95. The third kappa shape index (κ3) is 5.08. The zero-order valence-corrected chi connectivity index (χ0v) is 19.8. The van der Waals surface area contributed by atoms with Gasteiger partial charge in [0, 0.05) is 5.39 Å². The fraction of sp³-hybridized carbons (Fsp3) is 0.318. The Hall–Kier alpha value is -2.98. The second kappa shape index (κ2) is 10.6. The molecule has 0 saturated carbocycles. The summed E-state index contributed by atoms with van der Waals surface area (Å²) < 4.78 is 10.2. The highest BCUT2D eigenvalue weighted by molar-refractivity contribution is 8.00. The van der Waals surface area contributed by atoms with Gasteiger partial charge in [-0.15, -0.1) is 11.3 Å². The summed E-state index contributed by atoms with van der Waals surface area (Å²) in [5.74, 6) is -1.48. The predicted molar refractivity (Wildman–Crippen MR) is 124 cm³/mol. The summed E-state index contributed by atoms with van der Waals surface area (Å²) >= 11 is 2.28. The SMILES string of the molecule is CCOC(=O)c1sc(NC(=O)[C@H](C)Sc2ncnc3ccccc23)c(C(=O)OCC)c1C. The highest BCUT2D eigenvalue weighted by Gasteiger charge is 2.28. The summed E-state index contributed by atoms with van der Waals surface area (Å²) in [6.45, 7) is 7.14. The van der Waals surface area contributed by atoms with Crippen molar-refractivity contribution in [3.63, 3.8) is 0 Å². The first-order valence-corrected chi connectivity index (χ1v) is 11.7. The molecule has 0 aliphatic heterocycles. The minimum absolute atomic E-state index is 0.165. The number of carbonyl (C=O) groups is 3. The van der Waals surface area contributed by atoms with Crippen LogP contribution in [0.1, 0.15) is 46.4 Å². The van der Waals surface area contributed by atoms with Crippen molar-refractivity contribution in [1.29, 1.82) is 0 Å². The number of thiophene rings is 1. The summed E-state index contributed by atoms with van der Waals surface area (Å²) in [4.78, 5) is 46.6. The summed E-state index contributed by atoms with van der Waals surface area (Å²) in [6, 6.07) is 7.55. The molecule has 8 nitrogen and oxygen atoms in total. The lowest BCUT2D eigenvalue weighted by molar-refractivity contribution is -0.115. The quantitative estimate of drug-likeness (QED) is 0.290. The molecule has 1 amide bonds. The molecule has 2 aromatic heterocycles. The Balaban J connectivity index is 1.86. The molecule has 3 aromatic rings. The van der Waals surface area contributed by atoms with Gasteiger partial charge in [0.1, 0.15) is 21.2 Å². The number of hydrogen-bond acceptors (Lipinski definition) is 9. The number of nitrogens with one attached hydrogen (secondary N) is 1. The first-order chi connectivity index (χ1) is 15.4. The highest BCUT2D eigenvalue weighted by atomic mass is 32.2. The fourth-order valence-corrected chi connectivity index (χ4v) is 4.95. The van der Waals surface area contributed by atoms with Gasteiger partial charge in [0.15, 0.2) is 0 Å². The lowest BCUT2D eigenvalue weighted by atomic mass is 10.1. The number of ether oxygens (including phenoxy) is 2. The normalized spacial score (nSPS) is 11.8. The second-order valence-electron chi connectivity index (χ2n) is 6.65. The molecular weight excluding hydrogens is 450 g/mol. The van der Waals surface area contributed by atoms with E-state index in [9.17, 15) is 14.4 Å². The molecule has 0 spiro atoms. The van der Waals surface area contributed by atoms with Crippen LogP contribution >= 0.6 is 23.1 Å². The molecule has 0 saturated heterocycles. The van der Waals surface area contributed by atoms with Crippen LogP contribution in [0.3, 0.4) is 0 Å². The zero-order chi connectivity index (χ0) is 23.3. The van der Waals surface area contributed by atoms with Crippen LogP contribution in [-0.2, 0) is 14.3 Å². The highest BCUT2D eigenvalue weighted by Crippen LogP contribution is 2.35. The van der Waals surface area contributed by atoms with Gasteiger partial charge in [-0.3, -0.25) is 4.79 Å². The molecule has 2 heterocycles. The molecule has 0 unspecified atom stereocenters.